The largest absolute Gasteiger partial charge is 0.481 e. The number of carbonyl (C=O) groups is 1. The second-order valence-corrected chi connectivity index (χ2v) is 12.5. The molecule has 4 unspecified atom stereocenters. The Kier molecular flexibility index (Phi) is 6.10. The van der Waals surface area contributed by atoms with Gasteiger partial charge in [0.2, 0.25) is 0 Å². The van der Waals surface area contributed by atoms with Crippen LogP contribution in [0.3, 0.4) is 0 Å². The third kappa shape index (κ3) is 3.46. The molecule has 0 aromatic rings. The topological polar surface area (TPSA) is 57.5 Å². The molecule has 0 bridgehead atoms. The molecule has 4 saturated carbocycles. The molecule has 172 valence electrons. The van der Waals surface area contributed by atoms with Gasteiger partial charge in [0, 0.05) is 0 Å². The minimum absolute atomic E-state index is 0.0736. The third-order valence-corrected chi connectivity index (χ3v) is 11.2. The smallest absolute Gasteiger partial charge is 0.306 e. The van der Waals surface area contributed by atoms with Crippen LogP contribution in [0.2, 0.25) is 0 Å². The van der Waals surface area contributed by atoms with Crippen LogP contribution in [0.4, 0.5) is 0 Å². The van der Waals surface area contributed by atoms with Gasteiger partial charge in [-0.3, -0.25) is 4.79 Å². The molecule has 30 heavy (non-hydrogen) atoms. The first kappa shape index (κ1) is 22.6. The van der Waals surface area contributed by atoms with E-state index in [4.69, 9.17) is 0 Å². The molecule has 0 radical (unpaired) electrons. The lowest BCUT2D eigenvalue weighted by Crippen LogP contribution is -2.56. The van der Waals surface area contributed by atoms with Crippen molar-refractivity contribution >= 4 is 5.97 Å². The zero-order chi connectivity index (χ0) is 21.8. The second-order valence-electron chi connectivity index (χ2n) is 12.5. The van der Waals surface area contributed by atoms with E-state index in [9.17, 15) is 15.0 Å². The Morgan fingerprint density at radius 3 is 2.30 bits per heavy atom. The number of aliphatic hydroxyl groups excluding tert-OH is 1. The highest BCUT2D eigenvalue weighted by Gasteiger charge is 2.62. The van der Waals surface area contributed by atoms with Crippen molar-refractivity contribution in [2.24, 2.45) is 58.2 Å². The number of aliphatic hydroxyl groups is 1. The van der Waals surface area contributed by atoms with E-state index in [1.54, 1.807) is 0 Å². The van der Waals surface area contributed by atoms with Crippen LogP contribution in [0.1, 0.15) is 98.8 Å². The normalized spacial score (nSPS) is 50.1. The van der Waals surface area contributed by atoms with Gasteiger partial charge < -0.3 is 10.2 Å². The summed E-state index contributed by atoms with van der Waals surface area (Å²) in [4.78, 5) is 11.4. The molecule has 0 aromatic carbocycles. The zero-order valence-corrected chi connectivity index (χ0v) is 20.1. The van der Waals surface area contributed by atoms with Crippen molar-refractivity contribution in [2.75, 3.05) is 0 Å². The highest BCUT2D eigenvalue weighted by molar-refractivity contribution is 5.69. The van der Waals surface area contributed by atoms with E-state index < -0.39 is 5.97 Å². The summed E-state index contributed by atoms with van der Waals surface area (Å²) in [5, 5.41) is 19.8. The van der Waals surface area contributed by atoms with E-state index in [1.165, 1.54) is 44.9 Å². The maximum absolute atomic E-state index is 11.4. The molecule has 0 amide bonds. The molecule has 0 heterocycles. The zero-order valence-electron chi connectivity index (χ0n) is 20.1. The summed E-state index contributed by atoms with van der Waals surface area (Å²) in [6, 6.07) is 0. The van der Waals surface area contributed by atoms with Crippen LogP contribution < -0.4 is 0 Å². The van der Waals surface area contributed by atoms with Crippen molar-refractivity contribution < 1.29 is 15.0 Å². The van der Waals surface area contributed by atoms with Crippen LogP contribution in [0.15, 0.2) is 0 Å². The Morgan fingerprint density at radius 1 is 0.967 bits per heavy atom. The van der Waals surface area contributed by atoms with E-state index in [0.717, 1.165) is 42.9 Å². The second kappa shape index (κ2) is 8.09. The molecular weight excluding hydrogens is 372 g/mol. The minimum atomic E-state index is -0.637. The maximum Gasteiger partial charge on any atom is 0.306 e. The molecule has 0 aliphatic heterocycles. The molecular formula is C27H46O3. The van der Waals surface area contributed by atoms with Gasteiger partial charge >= 0.3 is 5.97 Å². The van der Waals surface area contributed by atoms with Gasteiger partial charge in [0.1, 0.15) is 0 Å². The molecule has 3 nitrogen and oxygen atoms in total. The van der Waals surface area contributed by atoms with Crippen LogP contribution in [0, 0.1) is 58.2 Å². The quantitative estimate of drug-likeness (QED) is 0.544. The average molecular weight is 419 g/mol. The van der Waals surface area contributed by atoms with Crippen LogP contribution in [0.5, 0.6) is 0 Å². The Labute approximate surface area is 184 Å². The molecule has 4 fully saturated rings. The third-order valence-electron chi connectivity index (χ3n) is 11.2. The Bertz CT molecular complexity index is 646. The molecule has 3 heteroatoms. The number of carboxylic acid groups (broad SMARTS) is 1. The van der Waals surface area contributed by atoms with Gasteiger partial charge in [-0.15, -0.1) is 0 Å². The Morgan fingerprint density at radius 2 is 1.63 bits per heavy atom. The van der Waals surface area contributed by atoms with E-state index in [0.29, 0.717) is 28.6 Å². The van der Waals surface area contributed by atoms with Crippen molar-refractivity contribution in [3.63, 3.8) is 0 Å². The van der Waals surface area contributed by atoms with Crippen molar-refractivity contribution in [3.8, 4) is 0 Å². The molecule has 0 aromatic heterocycles. The van der Waals surface area contributed by atoms with Gasteiger partial charge in [0.25, 0.3) is 0 Å². The summed E-state index contributed by atoms with van der Waals surface area (Å²) in [6.07, 6.45) is 12.0. The van der Waals surface area contributed by atoms with Crippen LogP contribution in [0.25, 0.3) is 0 Å². The highest BCUT2D eigenvalue weighted by Crippen LogP contribution is 2.69. The predicted molar refractivity (Wildman–Crippen MR) is 121 cm³/mol. The minimum Gasteiger partial charge on any atom is -0.481 e. The number of carboxylic acids is 1. The molecule has 0 spiro atoms. The van der Waals surface area contributed by atoms with E-state index in [1.807, 2.05) is 6.92 Å². The van der Waals surface area contributed by atoms with Gasteiger partial charge in [0.15, 0.2) is 0 Å². The van der Waals surface area contributed by atoms with Gasteiger partial charge in [-0.2, -0.15) is 0 Å². The van der Waals surface area contributed by atoms with E-state index >= 15 is 0 Å². The fraction of sp³-hybridized carbons (Fsp3) is 0.963. The lowest BCUT2D eigenvalue weighted by Gasteiger charge is -2.63. The van der Waals surface area contributed by atoms with Crippen LogP contribution in [-0.4, -0.2) is 22.3 Å². The lowest BCUT2D eigenvalue weighted by molar-refractivity contribution is -0.153. The Balaban J connectivity index is 1.57. The highest BCUT2D eigenvalue weighted by atomic mass is 16.4. The van der Waals surface area contributed by atoms with E-state index in [2.05, 4.69) is 27.7 Å². The predicted octanol–water partition coefficient (Wildman–Crippen LogP) is 6.39. The van der Waals surface area contributed by atoms with Gasteiger partial charge in [-0.25, -0.2) is 0 Å². The van der Waals surface area contributed by atoms with Gasteiger partial charge in [-0.05, 0) is 110 Å². The van der Waals surface area contributed by atoms with Crippen molar-refractivity contribution in [1.82, 2.24) is 0 Å². The number of hydrogen-bond acceptors (Lipinski definition) is 2. The number of aliphatic carboxylic acids is 1. The fourth-order valence-corrected chi connectivity index (χ4v) is 9.73. The molecule has 4 rings (SSSR count). The summed E-state index contributed by atoms with van der Waals surface area (Å²) in [6.45, 7) is 11.8. The molecule has 4 aliphatic rings. The van der Waals surface area contributed by atoms with Crippen molar-refractivity contribution in [1.29, 1.82) is 0 Å². The van der Waals surface area contributed by atoms with Gasteiger partial charge in [-0.1, -0.05) is 41.0 Å². The van der Waals surface area contributed by atoms with Crippen LogP contribution >= 0.6 is 0 Å². The molecule has 4 aliphatic carbocycles. The summed E-state index contributed by atoms with van der Waals surface area (Å²) < 4.78 is 0. The fourth-order valence-electron chi connectivity index (χ4n) is 9.73. The first-order chi connectivity index (χ1) is 14.1. The number of hydrogen-bond donors (Lipinski definition) is 2. The first-order valence-electron chi connectivity index (χ1n) is 13.0. The summed E-state index contributed by atoms with van der Waals surface area (Å²) in [5.74, 6) is 4.31. The summed E-state index contributed by atoms with van der Waals surface area (Å²) >= 11 is 0. The number of rotatable bonds is 5. The molecule has 11 atom stereocenters. The molecule has 0 saturated heterocycles. The van der Waals surface area contributed by atoms with Crippen molar-refractivity contribution in [2.45, 2.75) is 105 Å². The number of fused-ring (bicyclic) bond motifs is 5. The Hall–Kier alpha value is -0.570. The lowest BCUT2D eigenvalue weighted by atomic mass is 9.42. The maximum atomic E-state index is 11.4. The first-order valence-corrected chi connectivity index (χ1v) is 13.0. The summed E-state index contributed by atoms with van der Waals surface area (Å²) in [5.41, 5.74) is 0.820. The average Bonchev–Trinajstić information content (AvgIpc) is 3.05. The monoisotopic (exact) mass is 418 g/mol. The standard InChI is InChI=1S/C27H46O3/c1-6-18-14-20-22-8-7-21(16(2)13-17(3)25(29)30)26(22,4)12-10-23(20)27(5)11-9-19(28)15-24(18)27/h16-24,28H,6-15H2,1-5H3,(H,29,30)/t16-,17+,18+,19-,20?,21-,22?,23?,24?,26-,27-/m1/s1. The van der Waals surface area contributed by atoms with Crippen LogP contribution in [-0.2, 0) is 4.79 Å². The van der Waals surface area contributed by atoms with E-state index in [-0.39, 0.29) is 12.0 Å². The van der Waals surface area contributed by atoms with Gasteiger partial charge in [0.05, 0.1) is 12.0 Å². The SMILES string of the molecule is CC[C@H]1CC2C(CC[C@@]3(C)C2CC[C@@H]3[C@H](C)C[C@H](C)C(=O)O)[C@@]2(C)CC[C@@H](O)CC12. The summed E-state index contributed by atoms with van der Waals surface area (Å²) in [7, 11) is 0. The van der Waals surface area contributed by atoms with Crippen molar-refractivity contribution in [3.05, 3.63) is 0 Å². The molecule has 2 N–H and O–H groups in total.